The molecule has 0 aliphatic heterocycles. The first-order valence-electron chi connectivity index (χ1n) is 8.17. The molecule has 0 amide bonds. The molecule has 3 heteroatoms. The maximum absolute atomic E-state index is 12.5. The van der Waals surface area contributed by atoms with Crippen LogP contribution in [0, 0.1) is 13.8 Å². The van der Waals surface area contributed by atoms with Gasteiger partial charge in [0, 0.05) is 19.1 Å². The van der Waals surface area contributed by atoms with E-state index in [2.05, 4.69) is 4.99 Å². The maximum atomic E-state index is 12.5. The van der Waals surface area contributed by atoms with Crippen LogP contribution in [0.3, 0.4) is 0 Å². The predicted molar refractivity (Wildman–Crippen MR) is 97.1 cm³/mol. The SMILES string of the molecule is Cc1cccc(N=CC2=C(O)CC(c3ccccc3)CC2=O)c1C. The van der Waals surface area contributed by atoms with Crippen LogP contribution >= 0.6 is 0 Å². The third kappa shape index (κ3) is 3.30. The average molecular weight is 319 g/mol. The van der Waals surface area contributed by atoms with E-state index in [0.29, 0.717) is 18.4 Å². The molecule has 0 radical (unpaired) electrons. The number of allylic oxidation sites excluding steroid dienone is 2. The molecule has 24 heavy (non-hydrogen) atoms. The Kier molecular flexibility index (Phi) is 4.61. The van der Waals surface area contributed by atoms with Gasteiger partial charge in [-0.05, 0) is 42.5 Å². The number of nitrogens with zero attached hydrogens (tertiary/aromatic N) is 1. The fraction of sp³-hybridized carbons (Fsp3) is 0.238. The molecule has 1 unspecified atom stereocenters. The van der Waals surface area contributed by atoms with Crippen molar-refractivity contribution in [2.24, 2.45) is 4.99 Å². The summed E-state index contributed by atoms with van der Waals surface area (Å²) in [7, 11) is 0. The smallest absolute Gasteiger partial charge is 0.168 e. The lowest BCUT2D eigenvalue weighted by atomic mass is 9.83. The van der Waals surface area contributed by atoms with E-state index in [1.165, 1.54) is 6.21 Å². The fourth-order valence-corrected chi connectivity index (χ4v) is 3.03. The zero-order chi connectivity index (χ0) is 17.1. The van der Waals surface area contributed by atoms with Crippen molar-refractivity contribution in [2.45, 2.75) is 32.6 Å². The number of hydrogen-bond donors (Lipinski definition) is 1. The summed E-state index contributed by atoms with van der Waals surface area (Å²) in [4.78, 5) is 16.9. The summed E-state index contributed by atoms with van der Waals surface area (Å²) in [5.74, 6) is 0.118. The molecular formula is C21H21NO2. The highest BCUT2D eigenvalue weighted by Crippen LogP contribution is 2.33. The molecule has 0 bridgehead atoms. The van der Waals surface area contributed by atoms with Crippen molar-refractivity contribution in [1.82, 2.24) is 0 Å². The van der Waals surface area contributed by atoms with E-state index in [9.17, 15) is 9.90 Å². The Bertz CT molecular complexity index is 819. The van der Waals surface area contributed by atoms with Crippen LogP contribution in [0.15, 0.2) is 64.9 Å². The van der Waals surface area contributed by atoms with Crippen molar-refractivity contribution in [3.63, 3.8) is 0 Å². The second kappa shape index (κ2) is 6.83. The van der Waals surface area contributed by atoms with E-state index in [-0.39, 0.29) is 17.5 Å². The summed E-state index contributed by atoms with van der Waals surface area (Å²) in [6.45, 7) is 4.03. The molecule has 1 aliphatic rings. The normalized spacial score (nSPS) is 18.4. The lowest BCUT2D eigenvalue weighted by Gasteiger charge is -2.22. The van der Waals surface area contributed by atoms with Crippen LogP contribution in [0.25, 0.3) is 0 Å². The number of Topliss-reactive ketones (excluding diaryl/α,β-unsaturated/α-hetero) is 1. The number of hydrogen-bond acceptors (Lipinski definition) is 3. The molecular weight excluding hydrogens is 298 g/mol. The van der Waals surface area contributed by atoms with E-state index in [4.69, 9.17) is 0 Å². The highest BCUT2D eigenvalue weighted by atomic mass is 16.3. The third-order valence-electron chi connectivity index (χ3n) is 4.66. The molecule has 0 heterocycles. The second-order valence-corrected chi connectivity index (χ2v) is 6.28. The summed E-state index contributed by atoms with van der Waals surface area (Å²) in [5, 5.41) is 10.3. The Labute approximate surface area is 142 Å². The van der Waals surface area contributed by atoms with Gasteiger partial charge in [-0.1, -0.05) is 42.5 Å². The first kappa shape index (κ1) is 16.2. The van der Waals surface area contributed by atoms with E-state index in [0.717, 1.165) is 22.4 Å². The largest absolute Gasteiger partial charge is 0.511 e. The van der Waals surface area contributed by atoms with Gasteiger partial charge < -0.3 is 5.11 Å². The minimum atomic E-state index is -0.0540. The summed E-state index contributed by atoms with van der Waals surface area (Å²) in [6, 6.07) is 15.7. The van der Waals surface area contributed by atoms with E-state index in [1.807, 2.05) is 62.4 Å². The van der Waals surface area contributed by atoms with Crippen LogP contribution in [0.2, 0.25) is 0 Å². The van der Waals surface area contributed by atoms with Crippen molar-refractivity contribution in [3.8, 4) is 0 Å². The Morgan fingerprint density at radius 1 is 1.04 bits per heavy atom. The number of aliphatic hydroxyl groups is 1. The van der Waals surface area contributed by atoms with Gasteiger partial charge in [-0.25, -0.2) is 0 Å². The van der Waals surface area contributed by atoms with Gasteiger partial charge >= 0.3 is 0 Å². The predicted octanol–water partition coefficient (Wildman–Crippen LogP) is 4.96. The number of benzene rings is 2. The highest BCUT2D eigenvalue weighted by Gasteiger charge is 2.27. The molecule has 0 spiro atoms. The molecule has 0 saturated heterocycles. The van der Waals surface area contributed by atoms with Crippen molar-refractivity contribution >= 4 is 17.7 Å². The van der Waals surface area contributed by atoms with Gasteiger partial charge in [-0.3, -0.25) is 9.79 Å². The zero-order valence-corrected chi connectivity index (χ0v) is 14.0. The Morgan fingerprint density at radius 3 is 2.50 bits per heavy atom. The van der Waals surface area contributed by atoms with E-state index in [1.54, 1.807) is 0 Å². The van der Waals surface area contributed by atoms with Gasteiger partial charge in [0.15, 0.2) is 5.78 Å². The molecule has 1 atom stereocenters. The van der Waals surface area contributed by atoms with Crippen molar-refractivity contribution in [1.29, 1.82) is 0 Å². The number of aliphatic hydroxyl groups excluding tert-OH is 1. The van der Waals surface area contributed by atoms with Gasteiger partial charge in [0.05, 0.1) is 11.3 Å². The average Bonchev–Trinajstić information content (AvgIpc) is 2.58. The number of carbonyl (C=O) groups excluding carboxylic acids is 1. The zero-order valence-electron chi connectivity index (χ0n) is 14.0. The fourth-order valence-electron chi connectivity index (χ4n) is 3.03. The first-order valence-corrected chi connectivity index (χ1v) is 8.17. The number of aryl methyl sites for hydroxylation is 1. The Morgan fingerprint density at radius 2 is 1.79 bits per heavy atom. The molecule has 122 valence electrons. The number of carbonyl (C=O) groups is 1. The van der Waals surface area contributed by atoms with Gasteiger partial charge in [-0.2, -0.15) is 0 Å². The summed E-state index contributed by atoms with van der Waals surface area (Å²) in [6.07, 6.45) is 2.40. The minimum Gasteiger partial charge on any atom is -0.511 e. The summed E-state index contributed by atoms with van der Waals surface area (Å²) in [5.41, 5.74) is 4.49. The Balaban J connectivity index is 1.85. The van der Waals surface area contributed by atoms with Crippen LogP contribution in [0.4, 0.5) is 5.69 Å². The highest BCUT2D eigenvalue weighted by molar-refractivity contribution is 6.15. The molecule has 3 nitrogen and oxygen atoms in total. The Hall–Kier alpha value is -2.68. The van der Waals surface area contributed by atoms with Gasteiger partial charge in [0.1, 0.15) is 5.76 Å². The van der Waals surface area contributed by atoms with E-state index >= 15 is 0 Å². The second-order valence-electron chi connectivity index (χ2n) is 6.28. The number of ketones is 1. The van der Waals surface area contributed by atoms with Crippen LogP contribution in [-0.4, -0.2) is 17.1 Å². The molecule has 3 rings (SSSR count). The third-order valence-corrected chi connectivity index (χ3v) is 4.66. The number of aliphatic imine (C=N–C) groups is 1. The van der Waals surface area contributed by atoms with Crippen LogP contribution in [0.1, 0.15) is 35.4 Å². The lowest BCUT2D eigenvalue weighted by molar-refractivity contribution is -0.116. The lowest BCUT2D eigenvalue weighted by Crippen LogP contribution is -2.19. The van der Waals surface area contributed by atoms with Gasteiger partial charge in [0.25, 0.3) is 0 Å². The van der Waals surface area contributed by atoms with Gasteiger partial charge in [0.2, 0.25) is 0 Å². The van der Waals surface area contributed by atoms with Crippen LogP contribution in [0.5, 0.6) is 0 Å². The molecule has 0 fully saturated rings. The van der Waals surface area contributed by atoms with E-state index < -0.39 is 0 Å². The molecule has 2 aromatic rings. The molecule has 1 N–H and O–H groups in total. The topological polar surface area (TPSA) is 49.7 Å². The monoisotopic (exact) mass is 319 g/mol. The molecule has 0 aromatic heterocycles. The minimum absolute atomic E-state index is 0.0385. The van der Waals surface area contributed by atoms with Crippen molar-refractivity contribution < 1.29 is 9.90 Å². The maximum Gasteiger partial charge on any atom is 0.168 e. The molecule has 1 aliphatic carbocycles. The van der Waals surface area contributed by atoms with Gasteiger partial charge in [-0.15, -0.1) is 0 Å². The first-order chi connectivity index (χ1) is 11.6. The number of rotatable bonds is 3. The van der Waals surface area contributed by atoms with Crippen molar-refractivity contribution in [2.75, 3.05) is 0 Å². The molecule has 0 saturated carbocycles. The van der Waals surface area contributed by atoms with Crippen molar-refractivity contribution in [3.05, 3.63) is 76.6 Å². The standard InChI is InChI=1S/C21H21NO2/c1-14-7-6-10-19(15(14)2)22-13-18-20(23)11-17(12-21(18)24)16-8-4-3-5-9-16/h3-10,13,17,23H,11-12H2,1-2H3. The summed E-state index contributed by atoms with van der Waals surface area (Å²) < 4.78 is 0. The molecule has 2 aromatic carbocycles. The quantitative estimate of drug-likeness (QED) is 0.812. The van der Waals surface area contributed by atoms with Crippen LogP contribution in [-0.2, 0) is 4.79 Å². The summed E-state index contributed by atoms with van der Waals surface area (Å²) >= 11 is 0. The van der Waals surface area contributed by atoms with Crippen LogP contribution < -0.4 is 0 Å².